The van der Waals surface area contributed by atoms with Gasteiger partial charge >= 0.3 is 5.63 Å². The summed E-state index contributed by atoms with van der Waals surface area (Å²) in [5.74, 6) is 0.663. The molecule has 2 N–H and O–H groups in total. The van der Waals surface area contributed by atoms with Crippen molar-refractivity contribution in [2.75, 3.05) is 0 Å². The summed E-state index contributed by atoms with van der Waals surface area (Å²) in [5.41, 5.74) is 0.635. The maximum absolute atomic E-state index is 12.5. The van der Waals surface area contributed by atoms with E-state index in [1.54, 1.807) is 26.0 Å². The van der Waals surface area contributed by atoms with Crippen LogP contribution in [0.15, 0.2) is 44.0 Å². The van der Waals surface area contributed by atoms with Gasteiger partial charge in [0.2, 0.25) is 0 Å². The molecular formula is C20H16O6. The van der Waals surface area contributed by atoms with Crippen LogP contribution in [0.5, 0.6) is 11.5 Å². The predicted octanol–water partition coefficient (Wildman–Crippen LogP) is 3.47. The molecule has 0 saturated heterocycles. The first kappa shape index (κ1) is 15.3. The molecule has 26 heavy (non-hydrogen) atoms. The number of aliphatic hydroxyl groups is 1. The largest absolute Gasteiger partial charge is 0.508 e. The lowest BCUT2D eigenvalue weighted by Gasteiger charge is -2.24. The van der Waals surface area contributed by atoms with Gasteiger partial charge in [-0.05, 0) is 37.6 Å². The second kappa shape index (κ2) is 4.80. The highest BCUT2D eigenvalue weighted by atomic mass is 16.5. The fourth-order valence-corrected chi connectivity index (χ4v) is 3.55. The Morgan fingerprint density at radius 2 is 1.85 bits per heavy atom. The average molecular weight is 352 g/mol. The van der Waals surface area contributed by atoms with E-state index in [0.717, 1.165) is 5.56 Å². The van der Waals surface area contributed by atoms with Gasteiger partial charge in [-0.25, -0.2) is 4.79 Å². The van der Waals surface area contributed by atoms with Crippen molar-refractivity contribution in [3.8, 4) is 11.5 Å². The zero-order valence-corrected chi connectivity index (χ0v) is 14.2. The third-order valence-corrected chi connectivity index (χ3v) is 4.95. The Bertz CT molecular complexity index is 1250. The molecule has 5 rings (SSSR count). The lowest BCUT2D eigenvalue weighted by Crippen LogP contribution is -2.39. The van der Waals surface area contributed by atoms with Crippen LogP contribution in [0.3, 0.4) is 0 Å². The molecule has 1 aliphatic rings. The van der Waals surface area contributed by atoms with Crippen molar-refractivity contribution in [1.82, 2.24) is 0 Å². The van der Waals surface area contributed by atoms with Gasteiger partial charge in [0.15, 0.2) is 5.58 Å². The molecular weight excluding hydrogens is 336 g/mol. The molecule has 2 aromatic carbocycles. The first-order valence-electron chi connectivity index (χ1n) is 8.35. The van der Waals surface area contributed by atoms with Crippen LogP contribution >= 0.6 is 0 Å². The molecule has 6 heteroatoms. The van der Waals surface area contributed by atoms with Crippen molar-refractivity contribution in [1.29, 1.82) is 0 Å². The molecule has 0 spiro atoms. The molecule has 0 unspecified atom stereocenters. The summed E-state index contributed by atoms with van der Waals surface area (Å²) in [6.07, 6.45) is 0.198. The van der Waals surface area contributed by atoms with Crippen LogP contribution in [0.1, 0.15) is 19.4 Å². The molecule has 0 bridgehead atoms. The van der Waals surface area contributed by atoms with E-state index in [4.69, 9.17) is 13.6 Å². The fourth-order valence-electron chi connectivity index (χ4n) is 3.55. The van der Waals surface area contributed by atoms with Crippen LogP contribution in [0.25, 0.3) is 32.9 Å². The van der Waals surface area contributed by atoms with Gasteiger partial charge in [-0.1, -0.05) is 0 Å². The van der Waals surface area contributed by atoms with Crippen LogP contribution in [-0.2, 0) is 6.42 Å². The summed E-state index contributed by atoms with van der Waals surface area (Å²) in [6, 6.07) is 8.19. The van der Waals surface area contributed by atoms with Gasteiger partial charge in [-0.3, -0.25) is 0 Å². The van der Waals surface area contributed by atoms with Crippen molar-refractivity contribution in [3.05, 3.63) is 46.3 Å². The topological polar surface area (TPSA) is 93.0 Å². The monoisotopic (exact) mass is 352 g/mol. The van der Waals surface area contributed by atoms with Gasteiger partial charge in [-0.2, -0.15) is 0 Å². The second-order valence-corrected chi connectivity index (χ2v) is 7.30. The zero-order valence-electron chi connectivity index (χ0n) is 14.2. The normalized spacial score (nSPS) is 17.1. The minimum absolute atomic E-state index is 0.0150. The van der Waals surface area contributed by atoms with Crippen LogP contribution in [-0.4, -0.2) is 21.9 Å². The molecule has 132 valence electrons. The SMILES string of the molecule is CC(C)(O)[C@H]1Cc2cc3c(cc2O1)oc1c2ccc(O)cc2oc(=O)c31. The quantitative estimate of drug-likeness (QED) is 0.510. The van der Waals surface area contributed by atoms with Crippen LogP contribution in [0.2, 0.25) is 0 Å². The highest BCUT2D eigenvalue weighted by Gasteiger charge is 2.35. The van der Waals surface area contributed by atoms with Crippen LogP contribution < -0.4 is 10.4 Å². The van der Waals surface area contributed by atoms with E-state index in [-0.39, 0.29) is 17.4 Å². The zero-order chi connectivity index (χ0) is 18.2. The number of hydrogen-bond acceptors (Lipinski definition) is 6. The highest BCUT2D eigenvalue weighted by Crippen LogP contribution is 2.40. The summed E-state index contributed by atoms with van der Waals surface area (Å²) >= 11 is 0. The molecule has 1 atom stereocenters. The van der Waals surface area contributed by atoms with E-state index >= 15 is 0 Å². The van der Waals surface area contributed by atoms with Gasteiger partial charge in [-0.15, -0.1) is 0 Å². The number of hydrogen-bond donors (Lipinski definition) is 2. The molecule has 0 radical (unpaired) electrons. The number of aromatic hydroxyl groups is 1. The second-order valence-electron chi connectivity index (χ2n) is 7.30. The van der Waals surface area contributed by atoms with Crippen molar-refractivity contribution in [2.24, 2.45) is 0 Å². The van der Waals surface area contributed by atoms with E-state index in [1.807, 2.05) is 6.07 Å². The molecule has 4 aromatic rings. The maximum atomic E-state index is 12.5. The summed E-state index contributed by atoms with van der Waals surface area (Å²) in [5, 5.41) is 21.4. The van der Waals surface area contributed by atoms with Gasteiger partial charge in [0.25, 0.3) is 0 Å². The van der Waals surface area contributed by atoms with E-state index in [1.165, 1.54) is 12.1 Å². The Hall–Kier alpha value is -2.99. The Labute approximate surface area is 147 Å². The Balaban J connectivity index is 1.80. The number of benzene rings is 2. The number of furan rings is 1. The minimum Gasteiger partial charge on any atom is -0.508 e. The molecule has 0 fully saturated rings. The van der Waals surface area contributed by atoms with E-state index in [2.05, 4.69) is 0 Å². The van der Waals surface area contributed by atoms with Gasteiger partial charge in [0, 0.05) is 23.9 Å². The Morgan fingerprint density at radius 1 is 1.08 bits per heavy atom. The van der Waals surface area contributed by atoms with Gasteiger partial charge in [0.05, 0.1) is 11.0 Å². The number of ether oxygens (including phenoxy) is 1. The number of phenolic OH excluding ortho intramolecular Hbond substituents is 1. The first-order valence-corrected chi connectivity index (χ1v) is 8.35. The first-order chi connectivity index (χ1) is 12.3. The number of phenols is 1. The fraction of sp³-hybridized carbons (Fsp3) is 0.250. The van der Waals surface area contributed by atoms with Crippen LogP contribution in [0.4, 0.5) is 0 Å². The third-order valence-electron chi connectivity index (χ3n) is 4.95. The Morgan fingerprint density at radius 3 is 2.62 bits per heavy atom. The smallest absolute Gasteiger partial charge is 0.348 e. The summed E-state index contributed by atoms with van der Waals surface area (Å²) in [4.78, 5) is 12.5. The molecule has 2 aromatic heterocycles. The van der Waals surface area contributed by atoms with E-state index in [9.17, 15) is 15.0 Å². The molecule has 0 saturated carbocycles. The van der Waals surface area contributed by atoms with Crippen LogP contribution in [0, 0.1) is 0 Å². The van der Waals surface area contributed by atoms with Crippen molar-refractivity contribution in [3.63, 3.8) is 0 Å². The maximum Gasteiger partial charge on any atom is 0.348 e. The number of fused-ring (bicyclic) bond motifs is 6. The predicted molar refractivity (Wildman–Crippen MR) is 95.8 cm³/mol. The third kappa shape index (κ3) is 2.05. The van der Waals surface area contributed by atoms with E-state index in [0.29, 0.717) is 39.5 Å². The van der Waals surface area contributed by atoms with Crippen molar-refractivity contribution in [2.45, 2.75) is 32.0 Å². The summed E-state index contributed by atoms with van der Waals surface area (Å²) in [7, 11) is 0. The Kier molecular flexibility index (Phi) is 2.82. The molecule has 0 aliphatic carbocycles. The van der Waals surface area contributed by atoms with Crippen molar-refractivity contribution >= 4 is 32.9 Å². The molecule has 1 aliphatic heterocycles. The summed E-state index contributed by atoms with van der Waals surface area (Å²) in [6.45, 7) is 3.42. The standard InChI is InChI=1S/C20H16O6/c1-20(2,23)16-6-9-5-12-15(8-13(9)24-16)25-18-11-4-3-10(21)7-14(11)26-19(22)17(12)18/h3-5,7-8,16,21,23H,6H2,1-2H3/t16-/m1/s1. The number of rotatable bonds is 1. The van der Waals surface area contributed by atoms with Gasteiger partial charge in [0.1, 0.15) is 34.2 Å². The molecule has 6 nitrogen and oxygen atoms in total. The van der Waals surface area contributed by atoms with E-state index < -0.39 is 11.2 Å². The van der Waals surface area contributed by atoms with Crippen molar-refractivity contribution < 1.29 is 23.8 Å². The average Bonchev–Trinajstić information content (AvgIpc) is 3.12. The molecule has 0 amide bonds. The lowest BCUT2D eigenvalue weighted by atomic mass is 9.97. The van der Waals surface area contributed by atoms with Gasteiger partial charge < -0.3 is 23.8 Å². The minimum atomic E-state index is -0.973. The lowest BCUT2D eigenvalue weighted by molar-refractivity contribution is -0.0229. The highest BCUT2D eigenvalue weighted by molar-refractivity contribution is 6.13. The summed E-state index contributed by atoms with van der Waals surface area (Å²) < 4.78 is 17.2. The molecule has 3 heterocycles.